The topological polar surface area (TPSA) is 87.7 Å². The molecule has 5 aliphatic rings. The van der Waals surface area contributed by atoms with Crippen LogP contribution in [0.4, 0.5) is 5.69 Å². The zero-order chi connectivity index (χ0) is 28.2. The van der Waals surface area contributed by atoms with Gasteiger partial charge in [0.05, 0.1) is 17.9 Å². The van der Waals surface area contributed by atoms with Gasteiger partial charge in [-0.15, -0.1) is 0 Å². The van der Waals surface area contributed by atoms with E-state index in [0.29, 0.717) is 23.4 Å². The van der Waals surface area contributed by atoms with E-state index < -0.39 is 29.6 Å². The van der Waals surface area contributed by atoms with E-state index in [1.165, 1.54) is 12.0 Å². The van der Waals surface area contributed by atoms with Crippen LogP contribution in [0.25, 0.3) is 0 Å². The molecular weight excluding hydrogens is 502 g/mol. The molecule has 1 spiro atoms. The number of hydrogen-bond acceptors (Lipinski definition) is 4. The smallest absolute Gasteiger partial charge is 0.246 e. The third kappa shape index (κ3) is 4.49. The van der Waals surface area contributed by atoms with Crippen molar-refractivity contribution in [2.45, 2.75) is 115 Å². The van der Waals surface area contributed by atoms with Crippen molar-refractivity contribution in [2.24, 2.45) is 23.7 Å². The molecule has 6 rings (SSSR count). The highest BCUT2D eigenvalue weighted by Gasteiger charge is 2.73. The van der Waals surface area contributed by atoms with Crippen molar-refractivity contribution in [1.29, 1.82) is 0 Å². The first-order chi connectivity index (χ1) is 19.2. The first kappa shape index (κ1) is 27.5. The van der Waals surface area contributed by atoms with Crippen molar-refractivity contribution in [2.75, 3.05) is 5.32 Å². The van der Waals surface area contributed by atoms with E-state index >= 15 is 0 Å². The van der Waals surface area contributed by atoms with Gasteiger partial charge < -0.3 is 20.3 Å². The maximum atomic E-state index is 14.3. The van der Waals surface area contributed by atoms with Crippen LogP contribution in [0.2, 0.25) is 0 Å². The van der Waals surface area contributed by atoms with Gasteiger partial charge in [-0.3, -0.25) is 14.4 Å². The number of benzene rings is 1. The monoisotopic (exact) mass is 547 g/mol. The summed E-state index contributed by atoms with van der Waals surface area (Å²) in [6.45, 7) is 8.75. The molecule has 2 N–H and O–H groups in total. The lowest BCUT2D eigenvalue weighted by Crippen LogP contribution is -2.59. The highest BCUT2D eigenvalue weighted by Crippen LogP contribution is 2.56. The lowest BCUT2D eigenvalue weighted by Gasteiger charge is -2.40. The average molecular weight is 548 g/mol. The number of fused-ring (bicyclic) bond motifs is 1. The third-order valence-electron chi connectivity index (χ3n) is 10.7. The highest BCUT2D eigenvalue weighted by atomic mass is 16.5. The van der Waals surface area contributed by atoms with Gasteiger partial charge in [0.1, 0.15) is 11.6 Å². The summed E-state index contributed by atoms with van der Waals surface area (Å²) in [5.74, 6) is -0.474. The number of amides is 3. The molecule has 3 aliphatic heterocycles. The standard InChI is InChI=1S/C33H45N3O4/c1-19(2)22-13-15-23(16-14-22)34-30(37)27-26-17-18-33(40-26)28(27)32(39)36(24-10-6-5-7-11-24)29(33)31(38)35-25-12-8-9-20(3)21(25)4/h13-21,24-29H,5-12H2,1-4H3,(H,34,37)(H,35,38)/t20?,21?,25?,26-,27?,28-,29?,33?/m1/s1. The number of carbonyl (C=O) groups is 3. The molecule has 40 heavy (non-hydrogen) atoms. The summed E-state index contributed by atoms with van der Waals surface area (Å²) in [4.78, 5) is 44.2. The number of rotatable bonds is 6. The fourth-order valence-electron chi connectivity index (χ4n) is 8.18. The Morgan fingerprint density at radius 2 is 1.70 bits per heavy atom. The van der Waals surface area contributed by atoms with Crippen LogP contribution < -0.4 is 10.6 Å². The van der Waals surface area contributed by atoms with Crippen LogP contribution in [0.1, 0.15) is 90.5 Å². The van der Waals surface area contributed by atoms with Crippen LogP contribution in [0.5, 0.6) is 0 Å². The molecule has 3 amide bonds. The minimum atomic E-state index is -1.10. The van der Waals surface area contributed by atoms with Gasteiger partial charge in [-0.05, 0) is 54.7 Å². The molecule has 0 aromatic heterocycles. The molecule has 1 aromatic rings. The van der Waals surface area contributed by atoms with E-state index in [1.54, 1.807) is 0 Å². The molecule has 2 aliphatic carbocycles. The van der Waals surface area contributed by atoms with E-state index in [1.807, 2.05) is 41.3 Å². The number of ether oxygens (including phenoxy) is 1. The fraction of sp³-hybridized carbons (Fsp3) is 0.667. The molecule has 2 saturated heterocycles. The Labute approximate surface area is 238 Å². The van der Waals surface area contributed by atoms with E-state index in [0.717, 1.165) is 44.9 Å². The van der Waals surface area contributed by atoms with Crippen molar-refractivity contribution < 1.29 is 19.1 Å². The quantitative estimate of drug-likeness (QED) is 0.481. The predicted octanol–water partition coefficient (Wildman–Crippen LogP) is 5.17. The normalized spacial score (nSPS) is 37.2. The summed E-state index contributed by atoms with van der Waals surface area (Å²) in [7, 11) is 0. The Balaban J connectivity index is 1.29. The second kappa shape index (κ2) is 10.6. The Hall–Kier alpha value is -2.67. The van der Waals surface area contributed by atoms with E-state index in [-0.39, 0.29) is 29.8 Å². The number of nitrogens with one attached hydrogen (secondary N) is 2. The van der Waals surface area contributed by atoms with Crippen molar-refractivity contribution in [3.63, 3.8) is 0 Å². The molecule has 3 heterocycles. The van der Waals surface area contributed by atoms with Crippen LogP contribution in [0, 0.1) is 23.7 Å². The van der Waals surface area contributed by atoms with E-state index in [2.05, 4.69) is 38.3 Å². The van der Waals surface area contributed by atoms with Gasteiger partial charge in [0.25, 0.3) is 0 Å². The van der Waals surface area contributed by atoms with Crippen molar-refractivity contribution in [3.05, 3.63) is 42.0 Å². The first-order valence-electron chi connectivity index (χ1n) is 15.6. The summed E-state index contributed by atoms with van der Waals surface area (Å²) in [5.41, 5.74) is 0.809. The summed E-state index contributed by atoms with van der Waals surface area (Å²) < 4.78 is 6.57. The van der Waals surface area contributed by atoms with Crippen molar-refractivity contribution >= 4 is 23.4 Å². The molecule has 216 valence electrons. The van der Waals surface area contributed by atoms with Crippen LogP contribution >= 0.6 is 0 Å². The van der Waals surface area contributed by atoms with Crippen LogP contribution in [-0.2, 0) is 19.1 Å². The highest BCUT2D eigenvalue weighted by molar-refractivity contribution is 6.03. The molecular formula is C33H45N3O4. The summed E-state index contributed by atoms with van der Waals surface area (Å²) in [5, 5.41) is 6.43. The number of anilines is 1. The van der Waals surface area contributed by atoms with Gasteiger partial charge in [-0.25, -0.2) is 0 Å². The Morgan fingerprint density at radius 1 is 0.975 bits per heavy atom. The van der Waals surface area contributed by atoms with Gasteiger partial charge in [-0.2, -0.15) is 0 Å². The van der Waals surface area contributed by atoms with Crippen molar-refractivity contribution in [1.82, 2.24) is 10.2 Å². The van der Waals surface area contributed by atoms with Crippen molar-refractivity contribution in [3.8, 4) is 0 Å². The summed E-state index contributed by atoms with van der Waals surface area (Å²) >= 11 is 0. The lowest BCUT2D eigenvalue weighted by molar-refractivity contribution is -0.145. The molecule has 8 atom stereocenters. The number of hydrogen-bond donors (Lipinski definition) is 2. The maximum Gasteiger partial charge on any atom is 0.246 e. The second-order valence-electron chi connectivity index (χ2n) is 13.4. The Kier molecular flexibility index (Phi) is 7.30. The molecule has 1 aromatic carbocycles. The molecule has 2 saturated carbocycles. The van der Waals surface area contributed by atoms with Gasteiger partial charge in [0.15, 0.2) is 0 Å². The fourth-order valence-corrected chi connectivity index (χ4v) is 8.18. The van der Waals surface area contributed by atoms with Gasteiger partial charge in [0, 0.05) is 17.8 Å². The summed E-state index contributed by atoms with van der Waals surface area (Å²) in [6, 6.07) is 7.23. The second-order valence-corrected chi connectivity index (χ2v) is 13.4. The van der Waals surface area contributed by atoms with Crippen LogP contribution in [-0.4, -0.2) is 52.5 Å². The maximum absolute atomic E-state index is 14.3. The van der Waals surface area contributed by atoms with Gasteiger partial charge in [-0.1, -0.05) is 84.1 Å². The minimum absolute atomic E-state index is 0.00279. The number of likely N-dealkylation sites (tertiary alicyclic amines) is 1. The largest absolute Gasteiger partial charge is 0.359 e. The van der Waals surface area contributed by atoms with Crippen LogP contribution in [0.3, 0.4) is 0 Å². The van der Waals surface area contributed by atoms with Gasteiger partial charge in [0.2, 0.25) is 17.7 Å². The molecule has 2 bridgehead atoms. The minimum Gasteiger partial charge on any atom is -0.359 e. The molecule has 7 heteroatoms. The molecule has 6 unspecified atom stereocenters. The Bertz CT molecular complexity index is 1170. The van der Waals surface area contributed by atoms with E-state index in [4.69, 9.17) is 4.74 Å². The van der Waals surface area contributed by atoms with Gasteiger partial charge >= 0.3 is 0 Å². The molecule has 4 fully saturated rings. The SMILES string of the molecule is CC(C)c1ccc(NC(=O)C2[C@H]3C=CC4(O3)C(C(=O)NC3CCCC(C)C3C)N(C3CCCCC3)C(=O)[C@@H]24)cc1. The Morgan fingerprint density at radius 3 is 2.40 bits per heavy atom. The average Bonchev–Trinajstić information content (AvgIpc) is 3.59. The molecule has 7 nitrogen and oxygen atoms in total. The number of nitrogens with zero attached hydrogens (tertiary/aromatic N) is 1. The number of carbonyl (C=O) groups excluding carboxylic acids is 3. The van der Waals surface area contributed by atoms with Crippen LogP contribution in [0.15, 0.2) is 36.4 Å². The molecule has 0 radical (unpaired) electrons. The van der Waals surface area contributed by atoms with E-state index in [9.17, 15) is 14.4 Å². The zero-order valence-corrected chi connectivity index (χ0v) is 24.4. The zero-order valence-electron chi connectivity index (χ0n) is 24.4. The first-order valence-corrected chi connectivity index (χ1v) is 15.6. The lowest BCUT2D eigenvalue weighted by atomic mass is 9.73. The predicted molar refractivity (Wildman–Crippen MR) is 155 cm³/mol. The summed E-state index contributed by atoms with van der Waals surface area (Å²) in [6.07, 6.45) is 11.6. The third-order valence-corrected chi connectivity index (χ3v) is 10.7.